The first-order valence-electron chi connectivity index (χ1n) is 9.17. The molecule has 7 heteroatoms. The van der Waals surface area contributed by atoms with Gasteiger partial charge in [0.05, 0.1) is 17.9 Å². The van der Waals surface area contributed by atoms with E-state index in [2.05, 4.69) is 15.3 Å². The lowest BCUT2D eigenvalue weighted by atomic mass is 9.90. The van der Waals surface area contributed by atoms with Crippen molar-refractivity contribution in [3.8, 4) is 0 Å². The number of hydrogen-bond donors (Lipinski definition) is 1. The number of ketones is 1. The number of aromatic nitrogens is 2. The standard InChI is InChI=1S/C20H26N4O2S/c1-14-18(12-23(2)22-14)21-19(25)13-24-10-4-5-16(11-24)20(26)15-6-8-17(27-3)9-7-15/h6-9,12,16H,4-5,10-11,13H2,1-3H3,(H,21,25)/t16-/m1/s1. The van der Waals surface area contributed by atoms with Crippen LogP contribution >= 0.6 is 11.8 Å². The van der Waals surface area contributed by atoms with E-state index in [-0.39, 0.29) is 17.6 Å². The Bertz CT molecular complexity index is 816. The number of rotatable bonds is 6. The Morgan fingerprint density at radius 2 is 2.04 bits per heavy atom. The number of aryl methyl sites for hydroxylation is 2. The molecule has 1 aliphatic rings. The van der Waals surface area contributed by atoms with Gasteiger partial charge in [0, 0.05) is 36.2 Å². The molecule has 6 nitrogen and oxygen atoms in total. The van der Waals surface area contributed by atoms with Crippen LogP contribution in [-0.4, -0.2) is 52.3 Å². The lowest BCUT2D eigenvalue weighted by Gasteiger charge is -2.31. The molecule has 0 unspecified atom stereocenters. The number of amides is 1. The van der Waals surface area contributed by atoms with Crippen molar-refractivity contribution in [2.24, 2.45) is 13.0 Å². The van der Waals surface area contributed by atoms with Crippen LogP contribution in [0.15, 0.2) is 35.4 Å². The van der Waals surface area contributed by atoms with Gasteiger partial charge >= 0.3 is 0 Å². The van der Waals surface area contributed by atoms with E-state index in [1.807, 2.05) is 44.5 Å². The zero-order valence-corrected chi connectivity index (χ0v) is 16.9. The summed E-state index contributed by atoms with van der Waals surface area (Å²) in [5, 5.41) is 7.15. The Labute approximate surface area is 164 Å². The molecule has 3 rings (SSSR count). The first-order chi connectivity index (χ1) is 13.0. The van der Waals surface area contributed by atoms with Gasteiger partial charge in [0.2, 0.25) is 5.91 Å². The number of hydrogen-bond acceptors (Lipinski definition) is 5. The topological polar surface area (TPSA) is 67.2 Å². The van der Waals surface area contributed by atoms with Gasteiger partial charge in [-0.15, -0.1) is 11.8 Å². The summed E-state index contributed by atoms with van der Waals surface area (Å²) in [5.41, 5.74) is 2.29. The molecule has 1 fully saturated rings. The van der Waals surface area contributed by atoms with Gasteiger partial charge in [-0.05, 0) is 44.7 Å². The molecule has 0 bridgehead atoms. The van der Waals surface area contributed by atoms with Crippen molar-refractivity contribution in [2.45, 2.75) is 24.7 Å². The van der Waals surface area contributed by atoms with Gasteiger partial charge in [-0.1, -0.05) is 12.1 Å². The average molecular weight is 387 g/mol. The van der Waals surface area contributed by atoms with Crippen LogP contribution in [0.25, 0.3) is 0 Å². The molecule has 1 aliphatic heterocycles. The van der Waals surface area contributed by atoms with Crippen LogP contribution in [0.3, 0.4) is 0 Å². The second kappa shape index (κ2) is 8.71. The molecule has 2 aromatic rings. The molecule has 1 aromatic carbocycles. The summed E-state index contributed by atoms with van der Waals surface area (Å²) in [5.74, 6) is 0.0613. The summed E-state index contributed by atoms with van der Waals surface area (Å²) in [4.78, 5) is 28.4. The van der Waals surface area contributed by atoms with Crippen molar-refractivity contribution in [3.63, 3.8) is 0 Å². The van der Waals surface area contributed by atoms with Gasteiger partial charge in [-0.2, -0.15) is 5.10 Å². The Morgan fingerprint density at radius 3 is 2.67 bits per heavy atom. The highest BCUT2D eigenvalue weighted by Crippen LogP contribution is 2.23. The van der Waals surface area contributed by atoms with Gasteiger partial charge in [0.1, 0.15) is 0 Å². The van der Waals surface area contributed by atoms with Crippen LogP contribution in [-0.2, 0) is 11.8 Å². The van der Waals surface area contributed by atoms with E-state index in [0.29, 0.717) is 13.1 Å². The smallest absolute Gasteiger partial charge is 0.238 e. The summed E-state index contributed by atoms with van der Waals surface area (Å²) in [6.07, 6.45) is 5.63. The molecule has 27 heavy (non-hydrogen) atoms. The van der Waals surface area contributed by atoms with Crippen molar-refractivity contribution in [3.05, 3.63) is 41.7 Å². The molecular weight excluding hydrogens is 360 g/mol. The molecular formula is C20H26N4O2S. The molecule has 0 radical (unpaired) electrons. The lowest BCUT2D eigenvalue weighted by Crippen LogP contribution is -2.42. The second-order valence-electron chi connectivity index (χ2n) is 7.02. The number of piperidine rings is 1. The van der Waals surface area contributed by atoms with Crippen LogP contribution in [0.4, 0.5) is 5.69 Å². The first kappa shape index (κ1) is 19.6. The summed E-state index contributed by atoms with van der Waals surface area (Å²) in [6.45, 7) is 3.63. The van der Waals surface area contributed by atoms with Crippen LogP contribution in [0, 0.1) is 12.8 Å². The van der Waals surface area contributed by atoms with Crippen LogP contribution in [0.1, 0.15) is 28.9 Å². The number of Topliss-reactive ketones (excluding diaryl/α,β-unsaturated/α-hetero) is 1. The molecule has 144 valence electrons. The maximum atomic E-state index is 12.8. The van der Waals surface area contributed by atoms with Gasteiger partial charge in [0.15, 0.2) is 5.78 Å². The van der Waals surface area contributed by atoms with Crippen LogP contribution in [0.5, 0.6) is 0 Å². The van der Waals surface area contributed by atoms with Crippen molar-refractivity contribution < 1.29 is 9.59 Å². The highest BCUT2D eigenvalue weighted by atomic mass is 32.2. The number of anilines is 1. The SMILES string of the molecule is CSc1ccc(C(=O)[C@@H]2CCCN(CC(=O)Nc3cn(C)nc3C)C2)cc1. The fraction of sp³-hybridized carbons (Fsp3) is 0.450. The zero-order chi connectivity index (χ0) is 19.4. The van der Waals surface area contributed by atoms with Crippen molar-refractivity contribution >= 4 is 29.1 Å². The molecule has 1 amide bonds. The monoisotopic (exact) mass is 386 g/mol. The summed E-state index contributed by atoms with van der Waals surface area (Å²) >= 11 is 1.67. The van der Waals surface area contributed by atoms with Crippen molar-refractivity contribution in [1.29, 1.82) is 0 Å². The van der Waals surface area contributed by atoms with Crippen molar-refractivity contribution in [1.82, 2.24) is 14.7 Å². The Hall–Kier alpha value is -2.12. The minimum atomic E-state index is -0.0662. The second-order valence-corrected chi connectivity index (χ2v) is 7.90. The normalized spacial score (nSPS) is 17.7. The highest BCUT2D eigenvalue weighted by Gasteiger charge is 2.27. The van der Waals surface area contributed by atoms with Gasteiger partial charge in [0.25, 0.3) is 0 Å². The summed E-state index contributed by atoms with van der Waals surface area (Å²) < 4.78 is 1.68. The van der Waals surface area contributed by atoms with E-state index in [1.165, 1.54) is 0 Å². The van der Waals surface area contributed by atoms with Gasteiger partial charge in [-0.3, -0.25) is 19.2 Å². The molecule has 0 saturated carbocycles. The molecule has 1 N–H and O–H groups in total. The van der Waals surface area contributed by atoms with Crippen LogP contribution in [0.2, 0.25) is 0 Å². The summed E-state index contributed by atoms with van der Waals surface area (Å²) in [7, 11) is 1.83. The number of carbonyl (C=O) groups is 2. The number of carbonyl (C=O) groups excluding carboxylic acids is 2. The third-order valence-electron chi connectivity index (χ3n) is 4.91. The number of likely N-dealkylation sites (tertiary alicyclic amines) is 1. The third kappa shape index (κ3) is 4.99. The zero-order valence-electron chi connectivity index (χ0n) is 16.1. The maximum absolute atomic E-state index is 12.8. The van der Waals surface area contributed by atoms with Crippen LogP contribution < -0.4 is 5.32 Å². The molecule has 1 saturated heterocycles. The van der Waals surface area contributed by atoms with E-state index < -0.39 is 0 Å². The average Bonchev–Trinajstić information content (AvgIpc) is 2.98. The fourth-order valence-electron chi connectivity index (χ4n) is 3.52. The first-order valence-corrected chi connectivity index (χ1v) is 10.4. The minimum absolute atomic E-state index is 0.0493. The predicted molar refractivity (Wildman–Crippen MR) is 108 cm³/mol. The largest absolute Gasteiger partial charge is 0.322 e. The summed E-state index contributed by atoms with van der Waals surface area (Å²) in [6, 6.07) is 7.79. The van der Waals surface area contributed by atoms with Gasteiger partial charge < -0.3 is 5.32 Å². The Morgan fingerprint density at radius 1 is 1.30 bits per heavy atom. The third-order valence-corrected chi connectivity index (χ3v) is 5.65. The number of benzene rings is 1. The van der Waals surface area contributed by atoms with E-state index in [0.717, 1.165) is 41.2 Å². The molecule has 2 heterocycles. The van der Waals surface area contributed by atoms with Gasteiger partial charge in [-0.25, -0.2) is 0 Å². The van der Waals surface area contributed by atoms with E-state index in [9.17, 15) is 9.59 Å². The van der Waals surface area contributed by atoms with Crippen molar-refractivity contribution in [2.75, 3.05) is 31.2 Å². The predicted octanol–water partition coefficient (Wildman–Crippen LogP) is 2.98. The van der Waals surface area contributed by atoms with E-state index in [1.54, 1.807) is 22.6 Å². The minimum Gasteiger partial charge on any atom is -0.322 e. The fourth-order valence-corrected chi connectivity index (χ4v) is 3.93. The molecule has 1 atom stereocenters. The van der Waals surface area contributed by atoms with E-state index >= 15 is 0 Å². The quantitative estimate of drug-likeness (QED) is 0.611. The van der Waals surface area contributed by atoms with E-state index in [4.69, 9.17) is 0 Å². The Balaban J connectivity index is 1.57. The lowest BCUT2D eigenvalue weighted by molar-refractivity contribution is -0.117. The number of thioether (sulfide) groups is 1. The molecule has 1 aromatic heterocycles. The molecule has 0 aliphatic carbocycles. The maximum Gasteiger partial charge on any atom is 0.238 e. The molecule has 0 spiro atoms. The highest BCUT2D eigenvalue weighted by molar-refractivity contribution is 7.98. The Kier molecular flexibility index (Phi) is 6.34. The number of nitrogens with one attached hydrogen (secondary N) is 1. The number of nitrogens with zero attached hydrogens (tertiary/aromatic N) is 3.